The second-order valence-corrected chi connectivity index (χ2v) is 12.8. The van der Waals surface area contributed by atoms with Gasteiger partial charge in [-0.25, -0.2) is 9.59 Å². The molecule has 10 nitrogen and oxygen atoms in total. The highest BCUT2D eigenvalue weighted by Crippen LogP contribution is 2.37. The standard InChI is InChI=1S/C27H51N3O7S2/c1-23(2)10-9-12-29-25(31)36-16-8-7-15-35-22-38-39-27(5,6)11-17-37-26(32)30-14-19-34-21-20-33-18-13-28-24(3)4/h23-24,28H,7-8,11-22H2,1-6H3,(H,29,31)(H,30,32). The second-order valence-electron chi connectivity index (χ2n) is 9.81. The molecular weight excluding hydrogens is 542 g/mol. The summed E-state index contributed by atoms with van der Waals surface area (Å²) < 4.78 is 26.8. The zero-order valence-electron chi connectivity index (χ0n) is 24.7. The molecule has 2 amide bonds. The van der Waals surface area contributed by atoms with Gasteiger partial charge in [-0.15, -0.1) is 0 Å². The van der Waals surface area contributed by atoms with E-state index in [4.69, 9.17) is 23.7 Å². The Hall–Kier alpha value is -1.36. The number of carbonyl (C=O) groups is 2. The van der Waals surface area contributed by atoms with Crippen LogP contribution in [0.5, 0.6) is 0 Å². The Kier molecular flexibility index (Phi) is 24.7. The molecule has 0 unspecified atom stereocenters. The molecule has 0 atom stereocenters. The molecule has 228 valence electrons. The number of ether oxygens (including phenoxy) is 5. The Labute approximate surface area is 243 Å². The molecule has 0 aliphatic heterocycles. The maximum Gasteiger partial charge on any atom is 0.407 e. The topological polar surface area (TPSA) is 116 Å². The van der Waals surface area contributed by atoms with Crippen molar-refractivity contribution in [3.63, 3.8) is 0 Å². The van der Waals surface area contributed by atoms with Crippen molar-refractivity contribution in [3.05, 3.63) is 0 Å². The number of hydrogen-bond acceptors (Lipinski definition) is 10. The number of nitrogens with one attached hydrogen (secondary N) is 3. The average Bonchev–Trinajstić information content (AvgIpc) is 2.86. The average molecular weight is 594 g/mol. The number of amides is 2. The number of carbonyl (C=O) groups excluding carboxylic acids is 2. The molecule has 12 heteroatoms. The number of unbranched alkanes of at least 4 members (excludes halogenated alkanes) is 1. The first-order chi connectivity index (χ1) is 18.6. The Morgan fingerprint density at radius 1 is 0.795 bits per heavy atom. The van der Waals surface area contributed by atoms with Crippen LogP contribution < -0.4 is 16.0 Å². The van der Waals surface area contributed by atoms with Crippen molar-refractivity contribution in [2.75, 3.05) is 71.8 Å². The van der Waals surface area contributed by atoms with Crippen LogP contribution in [-0.2, 0) is 23.7 Å². The summed E-state index contributed by atoms with van der Waals surface area (Å²) in [5, 5.41) is 8.57. The van der Waals surface area contributed by atoms with E-state index < -0.39 is 12.2 Å². The smallest absolute Gasteiger partial charge is 0.407 e. The quantitative estimate of drug-likeness (QED) is 0.0680. The van der Waals surface area contributed by atoms with Crippen molar-refractivity contribution in [2.45, 2.75) is 71.6 Å². The van der Waals surface area contributed by atoms with E-state index in [2.05, 4.69) is 55.5 Å². The van der Waals surface area contributed by atoms with Crippen LogP contribution in [0.15, 0.2) is 0 Å². The summed E-state index contributed by atoms with van der Waals surface area (Å²) in [6.07, 6.45) is 1.39. The Balaban J connectivity index is 3.54. The highest BCUT2D eigenvalue weighted by Gasteiger charge is 2.19. The van der Waals surface area contributed by atoms with Gasteiger partial charge in [0.15, 0.2) is 0 Å². The summed E-state index contributed by atoms with van der Waals surface area (Å²) in [6, 6.07) is 0.455. The zero-order chi connectivity index (χ0) is 29.2. The first-order valence-electron chi connectivity index (χ1n) is 13.7. The van der Waals surface area contributed by atoms with Gasteiger partial charge >= 0.3 is 12.2 Å². The van der Waals surface area contributed by atoms with Crippen LogP contribution in [0.2, 0.25) is 0 Å². The summed E-state index contributed by atoms with van der Waals surface area (Å²) in [7, 11) is 3.33. The minimum absolute atomic E-state index is 0.0666. The molecular formula is C27H51N3O7S2. The van der Waals surface area contributed by atoms with Crippen molar-refractivity contribution in [3.8, 4) is 11.8 Å². The molecule has 0 aliphatic rings. The van der Waals surface area contributed by atoms with Crippen molar-refractivity contribution in [1.29, 1.82) is 0 Å². The van der Waals surface area contributed by atoms with Gasteiger partial charge in [0, 0.05) is 36.4 Å². The van der Waals surface area contributed by atoms with Crippen molar-refractivity contribution in [1.82, 2.24) is 16.0 Å². The molecule has 0 saturated carbocycles. The molecule has 0 rings (SSSR count). The SMILES string of the molecule is CC(C)C#CCNC(=O)OCCCCOCSSC(C)(C)CCOC(=O)NCCOCCOCCNC(C)C. The predicted molar refractivity (Wildman–Crippen MR) is 160 cm³/mol. The van der Waals surface area contributed by atoms with Crippen LogP contribution in [0.1, 0.15) is 60.8 Å². The fourth-order valence-corrected chi connectivity index (χ4v) is 4.89. The number of rotatable bonds is 23. The summed E-state index contributed by atoms with van der Waals surface area (Å²) in [5.74, 6) is 6.69. The van der Waals surface area contributed by atoms with Crippen molar-refractivity contribution < 1.29 is 33.3 Å². The maximum atomic E-state index is 11.8. The highest BCUT2D eigenvalue weighted by atomic mass is 33.1. The number of alkyl carbamates (subject to hydrolysis) is 2. The highest BCUT2D eigenvalue weighted by molar-refractivity contribution is 8.77. The minimum atomic E-state index is -0.443. The predicted octanol–water partition coefficient (Wildman–Crippen LogP) is 4.43. The zero-order valence-corrected chi connectivity index (χ0v) is 26.4. The van der Waals surface area contributed by atoms with E-state index >= 15 is 0 Å². The maximum absolute atomic E-state index is 11.8. The van der Waals surface area contributed by atoms with Gasteiger partial charge in [-0.1, -0.05) is 61.1 Å². The normalized spacial score (nSPS) is 11.3. The molecule has 39 heavy (non-hydrogen) atoms. The van der Waals surface area contributed by atoms with E-state index in [1.165, 1.54) is 0 Å². The van der Waals surface area contributed by atoms with Gasteiger partial charge in [-0.2, -0.15) is 0 Å². The molecule has 0 bridgehead atoms. The van der Waals surface area contributed by atoms with Gasteiger partial charge in [0.25, 0.3) is 0 Å². The Bertz CT molecular complexity index is 686. The van der Waals surface area contributed by atoms with Gasteiger partial charge in [0.05, 0.1) is 46.2 Å². The van der Waals surface area contributed by atoms with Gasteiger partial charge in [0.2, 0.25) is 0 Å². The van der Waals surface area contributed by atoms with Crippen LogP contribution in [-0.4, -0.2) is 94.8 Å². The molecule has 0 saturated heterocycles. The third kappa shape index (κ3) is 29.4. The first kappa shape index (κ1) is 37.6. The monoisotopic (exact) mass is 593 g/mol. The van der Waals surface area contributed by atoms with Gasteiger partial charge in [0.1, 0.15) is 5.94 Å². The van der Waals surface area contributed by atoms with Crippen LogP contribution in [0, 0.1) is 17.8 Å². The van der Waals surface area contributed by atoms with Crippen LogP contribution in [0.25, 0.3) is 0 Å². The lowest BCUT2D eigenvalue weighted by Crippen LogP contribution is -2.30. The first-order valence-corrected chi connectivity index (χ1v) is 16.0. The van der Waals surface area contributed by atoms with Gasteiger partial charge in [-0.3, -0.25) is 0 Å². The van der Waals surface area contributed by atoms with Gasteiger partial charge < -0.3 is 39.6 Å². The van der Waals surface area contributed by atoms with Crippen LogP contribution >= 0.6 is 21.6 Å². The number of hydrogen-bond donors (Lipinski definition) is 3. The van der Waals surface area contributed by atoms with Crippen molar-refractivity contribution >= 4 is 33.8 Å². The lowest BCUT2D eigenvalue weighted by Gasteiger charge is -2.22. The van der Waals surface area contributed by atoms with Crippen molar-refractivity contribution in [2.24, 2.45) is 5.92 Å². The van der Waals surface area contributed by atoms with E-state index in [9.17, 15) is 9.59 Å². The largest absolute Gasteiger partial charge is 0.450 e. The third-order valence-electron chi connectivity index (χ3n) is 4.67. The molecule has 0 aromatic carbocycles. The van der Waals surface area contributed by atoms with E-state index in [0.717, 1.165) is 25.8 Å². The molecule has 0 aliphatic carbocycles. The molecule has 0 aromatic heterocycles. The van der Waals surface area contributed by atoms with E-state index in [0.29, 0.717) is 71.3 Å². The van der Waals surface area contributed by atoms with Crippen LogP contribution in [0.3, 0.4) is 0 Å². The molecule has 0 radical (unpaired) electrons. The molecule has 0 fully saturated rings. The fourth-order valence-electron chi connectivity index (χ4n) is 2.62. The van der Waals surface area contributed by atoms with E-state index in [1.54, 1.807) is 21.6 Å². The summed E-state index contributed by atoms with van der Waals surface area (Å²) in [4.78, 5) is 23.3. The molecule has 0 aromatic rings. The van der Waals surface area contributed by atoms with E-state index in [1.807, 2.05) is 13.8 Å². The lowest BCUT2D eigenvalue weighted by atomic mass is 10.1. The van der Waals surface area contributed by atoms with Gasteiger partial charge in [-0.05, 0) is 33.1 Å². The Morgan fingerprint density at radius 3 is 2.13 bits per heavy atom. The summed E-state index contributed by atoms with van der Waals surface area (Å²) >= 11 is 0. The van der Waals surface area contributed by atoms with Crippen LogP contribution in [0.4, 0.5) is 9.59 Å². The molecule has 0 heterocycles. The lowest BCUT2D eigenvalue weighted by molar-refractivity contribution is 0.0489. The Morgan fingerprint density at radius 2 is 1.44 bits per heavy atom. The summed E-state index contributed by atoms with van der Waals surface area (Å²) in [5.41, 5.74) is 0. The van der Waals surface area contributed by atoms with E-state index in [-0.39, 0.29) is 10.7 Å². The summed E-state index contributed by atoms with van der Waals surface area (Å²) in [6.45, 7) is 17.3. The molecule has 0 spiro atoms. The second kappa shape index (κ2) is 25.6. The third-order valence-corrected chi connectivity index (χ3v) is 7.70. The molecule has 3 N–H and O–H groups in total. The minimum Gasteiger partial charge on any atom is -0.450 e. The fraction of sp³-hybridized carbons (Fsp3) is 0.852.